The van der Waals surface area contributed by atoms with Crippen molar-refractivity contribution in [2.45, 2.75) is 13.1 Å². The van der Waals surface area contributed by atoms with Gasteiger partial charge in [-0.1, -0.05) is 35.9 Å². The number of nitrogen functional groups attached to an aromatic ring is 1. The van der Waals surface area contributed by atoms with Crippen LogP contribution in [0.15, 0.2) is 42.5 Å². The van der Waals surface area contributed by atoms with Crippen molar-refractivity contribution in [1.29, 1.82) is 0 Å². The first-order valence-corrected chi connectivity index (χ1v) is 6.89. The predicted octanol–water partition coefficient (Wildman–Crippen LogP) is 3.25. The highest BCUT2D eigenvalue weighted by Gasteiger charge is 2.14. The molecule has 2 aromatic carbocycles. The number of hydrogen-bond acceptors (Lipinski definition) is 3. The van der Waals surface area contributed by atoms with Gasteiger partial charge in [-0.05, 0) is 36.4 Å². The summed E-state index contributed by atoms with van der Waals surface area (Å²) in [6.07, 6.45) is 0. The molecule has 0 unspecified atom stereocenters. The van der Waals surface area contributed by atoms with Gasteiger partial charge in [0, 0.05) is 23.8 Å². The molecule has 110 valence electrons. The molecule has 2 aromatic rings. The Balaban J connectivity index is 2.15. The Labute approximate surface area is 128 Å². The Morgan fingerprint density at radius 3 is 2.62 bits per heavy atom. The molecule has 0 radical (unpaired) electrons. The van der Waals surface area contributed by atoms with E-state index in [1.807, 2.05) is 36.2 Å². The lowest BCUT2D eigenvalue weighted by Crippen LogP contribution is -2.19. The highest BCUT2D eigenvalue weighted by atomic mass is 35.5. The molecule has 0 saturated carbocycles. The number of carboxylic acids is 1. The van der Waals surface area contributed by atoms with Crippen LogP contribution >= 0.6 is 11.6 Å². The van der Waals surface area contributed by atoms with Crippen LogP contribution in [0.1, 0.15) is 21.5 Å². The van der Waals surface area contributed by atoms with Crippen LogP contribution in [0.5, 0.6) is 0 Å². The normalized spacial score (nSPS) is 10.8. The summed E-state index contributed by atoms with van der Waals surface area (Å²) < 4.78 is 0. The lowest BCUT2D eigenvalue weighted by Gasteiger charge is -2.18. The third-order valence-electron chi connectivity index (χ3n) is 3.18. The second-order valence-corrected chi connectivity index (χ2v) is 5.43. The Hall–Kier alpha value is -2.04. The summed E-state index contributed by atoms with van der Waals surface area (Å²) >= 11 is 5.96. The number of nitrogens with zero attached hydrogens (tertiary/aromatic N) is 1. The van der Waals surface area contributed by atoms with E-state index >= 15 is 0 Å². The van der Waals surface area contributed by atoms with Crippen molar-refractivity contribution >= 4 is 23.3 Å². The van der Waals surface area contributed by atoms with Crippen LogP contribution in [0.2, 0.25) is 5.02 Å². The molecule has 0 aliphatic rings. The van der Waals surface area contributed by atoms with Crippen molar-refractivity contribution in [3.05, 3.63) is 64.2 Å². The van der Waals surface area contributed by atoms with E-state index in [2.05, 4.69) is 0 Å². The first-order valence-electron chi connectivity index (χ1n) is 6.51. The topological polar surface area (TPSA) is 66.6 Å². The summed E-state index contributed by atoms with van der Waals surface area (Å²) in [6.45, 7) is 1.17. The van der Waals surface area contributed by atoms with Crippen LogP contribution < -0.4 is 5.73 Å². The Morgan fingerprint density at radius 2 is 1.95 bits per heavy atom. The summed E-state index contributed by atoms with van der Waals surface area (Å²) in [4.78, 5) is 13.3. The SMILES string of the molecule is CN(Cc1cccc(Cl)c1)Cc1cccc(N)c1C(=O)O. The Bertz CT molecular complexity index is 658. The molecule has 0 aliphatic carbocycles. The molecule has 4 nitrogen and oxygen atoms in total. The first-order chi connectivity index (χ1) is 9.97. The van der Waals surface area contributed by atoms with Crippen molar-refractivity contribution in [2.24, 2.45) is 0 Å². The minimum atomic E-state index is -1.00. The molecule has 0 spiro atoms. The number of rotatable bonds is 5. The van der Waals surface area contributed by atoms with Crippen LogP contribution in [0.4, 0.5) is 5.69 Å². The number of benzene rings is 2. The molecule has 3 N–H and O–H groups in total. The van der Waals surface area contributed by atoms with E-state index in [0.29, 0.717) is 23.7 Å². The molecule has 0 atom stereocenters. The second-order valence-electron chi connectivity index (χ2n) is 4.99. The van der Waals surface area contributed by atoms with Crippen LogP contribution in [-0.2, 0) is 13.1 Å². The van der Waals surface area contributed by atoms with E-state index < -0.39 is 5.97 Å². The van der Waals surface area contributed by atoms with Crippen molar-refractivity contribution in [1.82, 2.24) is 4.90 Å². The minimum absolute atomic E-state index is 0.176. The highest BCUT2D eigenvalue weighted by molar-refractivity contribution is 6.30. The third-order valence-corrected chi connectivity index (χ3v) is 3.41. The molecule has 0 aliphatic heterocycles. The van der Waals surface area contributed by atoms with Crippen LogP contribution in [0.3, 0.4) is 0 Å². The fraction of sp³-hybridized carbons (Fsp3) is 0.188. The number of carboxylic acid groups (broad SMARTS) is 1. The number of carbonyl (C=O) groups is 1. The average Bonchev–Trinajstić information content (AvgIpc) is 2.37. The predicted molar refractivity (Wildman–Crippen MR) is 84.4 cm³/mol. The standard InChI is InChI=1S/C16H17ClN2O2/c1-19(9-11-4-2-6-13(17)8-11)10-12-5-3-7-14(18)15(12)16(20)21/h2-8H,9-10,18H2,1H3,(H,20,21). The van der Waals surface area contributed by atoms with Gasteiger partial charge < -0.3 is 10.8 Å². The summed E-state index contributed by atoms with van der Waals surface area (Å²) in [5, 5.41) is 9.96. The van der Waals surface area contributed by atoms with Crippen LogP contribution in [-0.4, -0.2) is 23.0 Å². The first kappa shape index (κ1) is 15.4. The van der Waals surface area contributed by atoms with Gasteiger partial charge in [0.15, 0.2) is 0 Å². The van der Waals surface area contributed by atoms with E-state index in [0.717, 1.165) is 5.56 Å². The van der Waals surface area contributed by atoms with Crippen LogP contribution in [0, 0.1) is 0 Å². The summed E-state index contributed by atoms with van der Waals surface area (Å²) in [6, 6.07) is 12.8. The number of aromatic carboxylic acids is 1. The van der Waals surface area contributed by atoms with Crippen molar-refractivity contribution in [3.8, 4) is 0 Å². The van der Waals surface area contributed by atoms with Gasteiger partial charge in [0.2, 0.25) is 0 Å². The van der Waals surface area contributed by atoms with Gasteiger partial charge in [0.05, 0.1) is 5.56 Å². The van der Waals surface area contributed by atoms with Crippen molar-refractivity contribution in [3.63, 3.8) is 0 Å². The molecular weight excluding hydrogens is 288 g/mol. The smallest absolute Gasteiger partial charge is 0.338 e. The Morgan fingerprint density at radius 1 is 1.24 bits per heavy atom. The molecule has 0 heterocycles. The summed E-state index contributed by atoms with van der Waals surface area (Å²) in [7, 11) is 1.93. The summed E-state index contributed by atoms with van der Waals surface area (Å²) in [5.74, 6) is -1.00. The van der Waals surface area contributed by atoms with Gasteiger partial charge in [-0.2, -0.15) is 0 Å². The average molecular weight is 305 g/mol. The number of anilines is 1. The third kappa shape index (κ3) is 3.97. The molecule has 5 heteroatoms. The second kappa shape index (κ2) is 6.61. The molecule has 21 heavy (non-hydrogen) atoms. The van der Waals surface area contributed by atoms with Gasteiger partial charge in [-0.3, -0.25) is 4.90 Å². The number of nitrogens with two attached hydrogens (primary N) is 1. The number of halogens is 1. The van der Waals surface area contributed by atoms with E-state index in [1.54, 1.807) is 18.2 Å². The van der Waals surface area contributed by atoms with E-state index in [4.69, 9.17) is 17.3 Å². The van der Waals surface area contributed by atoms with Gasteiger partial charge in [-0.15, -0.1) is 0 Å². The molecule has 0 aromatic heterocycles. The summed E-state index contributed by atoms with van der Waals surface area (Å²) in [5.41, 5.74) is 7.99. The largest absolute Gasteiger partial charge is 0.478 e. The van der Waals surface area contributed by atoms with Crippen molar-refractivity contribution < 1.29 is 9.90 Å². The zero-order chi connectivity index (χ0) is 15.4. The maximum atomic E-state index is 11.3. The highest BCUT2D eigenvalue weighted by Crippen LogP contribution is 2.20. The molecular formula is C16H17ClN2O2. The molecule has 0 amide bonds. The van der Waals surface area contributed by atoms with Crippen molar-refractivity contribution in [2.75, 3.05) is 12.8 Å². The maximum absolute atomic E-state index is 11.3. The molecule has 0 saturated heterocycles. The van der Waals surface area contributed by atoms with E-state index in [9.17, 15) is 9.90 Å². The zero-order valence-corrected chi connectivity index (χ0v) is 12.5. The van der Waals surface area contributed by atoms with Crippen LogP contribution in [0.25, 0.3) is 0 Å². The fourth-order valence-electron chi connectivity index (χ4n) is 2.31. The molecule has 0 bridgehead atoms. The van der Waals surface area contributed by atoms with Gasteiger partial charge in [-0.25, -0.2) is 4.79 Å². The Kier molecular flexibility index (Phi) is 4.83. The lowest BCUT2D eigenvalue weighted by atomic mass is 10.0. The maximum Gasteiger partial charge on any atom is 0.338 e. The molecule has 2 rings (SSSR count). The minimum Gasteiger partial charge on any atom is -0.478 e. The van der Waals surface area contributed by atoms with Gasteiger partial charge >= 0.3 is 5.97 Å². The number of hydrogen-bond donors (Lipinski definition) is 2. The monoisotopic (exact) mass is 304 g/mol. The van der Waals surface area contributed by atoms with Gasteiger partial charge in [0.25, 0.3) is 0 Å². The van der Waals surface area contributed by atoms with Gasteiger partial charge in [0.1, 0.15) is 0 Å². The van der Waals surface area contributed by atoms with E-state index in [1.165, 1.54) is 0 Å². The lowest BCUT2D eigenvalue weighted by molar-refractivity contribution is 0.0696. The zero-order valence-electron chi connectivity index (χ0n) is 11.7. The van der Waals surface area contributed by atoms with E-state index in [-0.39, 0.29) is 11.3 Å². The quantitative estimate of drug-likeness (QED) is 0.832. The fourth-order valence-corrected chi connectivity index (χ4v) is 2.52. The molecule has 0 fully saturated rings.